The fourth-order valence-corrected chi connectivity index (χ4v) is 3.14. The maximum Gasteiger partial charge on any atom is 0.269 e. The Kier molecular flexibility index (Phi) is 5.33. The summed E-state index contributed by atoms with van der Waals surface area (Å²) < 4.78 is 20.4. The lowest BCUT2D eigenvalue weighted by molar-refractivity contribution is 0.0900. The molecular weight excluding hydrogens is 323 g/mol. The van der Waals surface area contributed by atoms with E-state index in [1.54, 1.807) is 30.2 Å². The number of aromatic nitrogens is 2. The third-order valence-corrected chi connectivity index (χ3v) is 4.59. The number of nitrogens with zero attached hydrogens (tertiary/aromatic N) is 3. The molecule has 134 valence electrons. The number of halogens is 1. The van der Waals surface area contributed by atoms with Crippen molar-refractivity contribution in [1.29, 1.82) is 0 Å². The molecule has 1 aromatic heterocycles. The highest BCUT2D eigenvalue weighted by Crippen LogP contribution is 2.20. The number of carbonyl (C=O) groups is 1. The van der Waals surface area contributed by atoms with E-state index < -0.39 is 0 Å². The first kappa shape index (κ1) is 17.4. The van der Waals surface area contributed by atoms with Gasteiger partial charge in [-0.05, 0) is 30.5 Å². The first-order valence-corrected chi connectivity index (χ1v) is 8.39. The van der Waals surface area contributed by atoms with Crippen LogP contribution in [-0.2, 0) is 13.6 Å². The van der Waals surface area contributed by atoms with E-state index in [0.29, 0.717) is 12.2 Å². The standard InChI is InChI=1S/C18H23FN4O2/c1-22-12-20-10-16(22)18(24)21-14-5-7-23(8-6-14)11-13-3-4-17(25-2)15(19)9-13/h3-4,9-10,12,14H,5-8,11H2,1-2H3,(H,21,24). The number of nitrogens with one attached hydrogen (secondary N) is 1. The largest absolute Gasteiger partial charge is 0.494 e. The van der Waals surface area contributed by atoms with Crippen LogP contribution < -0.4 is 10.1 Å². The molecule has 7 heteroatoms. The van der Waals surface area contributed by atoms with Crippen molar-refractivity contribution in [3.63, 3.8) is 0 Å². The number of amides is 1. The van der Waals surface area contributed by atoms with Gasteiger partial charge in [0.05, 0.1) is 19.6 Å². The van der Waals surface area contributed by atoms with Crippen LogP contribution in [0.2, 0.25) is 0 Å². The summed E-state index contributed by atoms with van der Waals surface area (Å²) in [6, 6.07) is 5.23. The van der Waals surface area contributed by atoms with Gasteiger partial charge < -0.3 is 14.6 Å². The second-order valence-corrected chi connectivity index (χ2v) is 6.38. The van der Waals surface area contributed by atoms with E-state index in [2.05, 4.69) is 15.2 Å². The third-order valence-electron chi connectivity index (χ3n) is 4.59. The van der Waals surface area contributed by atoms with Crippen molar-refractivity contribution in [2.24, 2.45) is 7.05 Å². The molecule has 0 atom stereocenters. The molecule has 25 heavy (non-hydrogen) atoms. The van der Waals surface area contributed by atoms with Crippen LogP contribution in [0, 0.1) is 5.82 Å². The predicted octanol–water partition coefficient (Wildman–Crippen LogP) is 1.96. The van der Waals surface area contributed by atoms with Crippen LogP contribution in [-0.4, -0.2) is 46.6 Å². The lowest BCUT2D eigenvalue weighted by Gasteiger charge is -2.32. The van der Waals surface area contributed by atoms with Gasteiger partial charge >= 0.3 is 0 Å². The summed E-state index contributed by atoms with van der Waals surface area (Å²) in [7, 11) is 3.27. The maximum absolute atomic E-state index is 13.8. The van der Waals surface area contributed by atoms with Crippen molar-refractivity contribution in [2.45, 2.75) is 25.4 Å². The van der Waals surface area contributed by atoms with Crippen LogP contribution >= 0.6 is 0 Å². The molecule has 1 aliphatic rings. The normalized spacial score (nSPS) is 16.0. The van der Waals surface area contributed by atoms with Crippen LogP contribution in [0.25, 0.3) is 0 Å². The topological polar surface area (TPSA) is 59.4 Å². The number of aryl methyl sites for hydroxylation is 1. The monoisotopic (exact) mass is 346 g/mol. The fraction of sp³-hybridized carbons (Fsp3) is 0.444. The van der Waals surface area contributed by atoms with E-state index in [4.69, 9.17) is 4.74 Å². The number of hydrogen-bond acceptors (Lipinski definition) is 4. The number of piperidine rings is 1. The summed E-state index contributed by atoms with van der Waals surface area (Å²) in [5.41, 5.74) is 1.49. The molecular formula is C18H23FN4O2. The van der Waals surface area contributed by atoms with Gasteiger partial charge in [-0.15, -0.1) is 0 Å². The molecule has 1 fully saturated rings. The number of imidazole rings is 1. The van der Waals surface area contributed by atoms with Crippen LogP contribution in [0.4, 0.5) is 4.39 Å². The van der Waals surface area contributed by atoms with Gasteiger partial charge in [0.1, 0.15) is 5.69 Å². The van der Waals surface area contributed by atoms with Gasteiger partial charge in [-0.3, -0.25) is 9.69 Å². The molecule has 0 bridgehead atoms. The number of benzene rings is 1. The molecule has 1 N–H and O–H groups in total. The van der Waals surface area contributed by atoms with Gasteiger partial charge in [0.2, 0.25) is 0 Å². The van der Waals surface area contributed by atoms with Crippen LogP contribution in [0.1, 0.15) is 28.9 Å². The molecule has 2 heterocycles. The Balaban J connectivity index is 1.49. The summed E-state index contributed by atoms with van der Waals surface area (Å²) in [6.45, 7) is 2.43. The van der Waals surface area contributed by atoms with E-state index in [9.17, 15) is 9.18 Å². The highest BCUT2D eigenvalue weighted by Gasteiger charge is 2.22. The maximum atomic E-state index is 13.8. The summed E-state index contributed by atoms with van der Waals surface area (Å²) in [6.07, 6.45) is 4.94. The lowest BCUT2D eigenvalue weighted by Crippen LogP contribution is -2.44. The zero-order valence-corrected chi connectivity index (χ0v) is 14.5. The smallest absolute Gasteiger partial charge is 0.269 e. The molecule has 1 aliphatic heterocycles. The van der Waals surface area contributed by atoms with Crippen molar-refractivity contribution in [2.75, 3.05) is 20.2 Å². The van der Waals surface area contributed by atoms with Crippen molar-refractivity contribution >= 4 is 5.91 Å². The van der Waals surface area contributed by atoms with Gasteiger partial charge in [0, 0.05) is 32.7 Å². The number of rotatable bonds is 5. The number of ether oxygens (including phenoxy) is 1. The van der Waals surface area contributed by atoms with E-state index in [1.807, 2.05) is 6.07 Å². The Hall–Kier alpha value is -2.41. The average Bonchev–Trinajstić information content (AvgIpc) is 3.03. The molecule has 1 saturated heterocycles. The van der Waals surface area contributed by atoms with E-state index >= 15 is 0 Å². The summed E-state index contributed by atoms with van der Waals surface area (Å²) >= 11 is 0. The Labute approximate surface area is 146 Å². The number of carbonyl (C=O) groups excluding carboxylic acids is 1. The van der Waals surface area contributed by atoms with Crippen molar-refractivity contribution < 1.29 is 13.9 Å². The van der Waals surface area contributed by atoms with Gasteiger partial charge in [-0.1, -0.05) is 6.07 Å². The summed E-state index contributed by atoms with van der Waals surface area (Å²) in [4.78, 5) is 18.5. The number of methoxy groups -OCH3 is 1. The van der Waals surface area contributed by atoms with Crippen LogP contribution in [0.15, 0.2) is 30.7 Å². The van der Waals surface area contributed by atoms with Gasteiger partial charge in [-0.25, -0.2) is 9.37 Å². The second kappa shape index (κ2) is 7.65. The molecule has 0 unspecified atom stereocenters. The van der Waals surface area contributed by atoms with Crippen molar-refractivity contribution in [3.05, 3.63) is 47.8 Å². The van der Waals surface area contributed by atoms with Gasteiger partial charge in [0.25, 0.3) is 5.91 Å². The van der Waals surface area contributed by atoms with Crippen molar-refractivity contribution in [3.8, 4) is 5.75 Å². The zero-order chi connectivity index (χ0) is 17.8. The molecule has 2 aromatic rings. The Morgan fingerprint density at radius 3 is 2.76 bits per heavy atom. The Bertz CT molecular complexity index is 738. The van der Waals surface area contributed by atoms with Crippen molar-refractivity contribution in [1.82, 2.24) is 19.8 Å². The first-order valence-electron chi connectivity index (χ1n) is 8.39. The highest BCUT2D eigenvalue weighted by molar-refractivity contribution is 5.92. The number of hydrogen-bond donors (Lipinski definition) is 1. The predicted molar refractivity (Wildman–Crippen MR) is 91.9 cm³/mol. The minimum Gasteiger partial charge on any atom is -0.494 e. The average molecular weight is 346 g/mol. The summed E-state index contributed by atoms with van der Waals surface area (Å²) in [5, 5.41) is 3.07. The Morgan fingerprint density at radius 1 is 1.40 bits per heavy atom. The lowest BCUT2D eigenvalue weighted by atomic mass is 10.0. The molecule has 1 amide bonds. The molecule has 0 saturated carbocycles. The third kappa shape index (κ3) is 4.17. The molecule has 0 spiro atoms. The molecule has 3 rings (SSSR count). The minimum atomic E-state index is -0.335. The fourth-order valence-electron chi connectivity index (χ4n) is 3.14. The molecule has 0 aliphatic carbocycles. The first-order chi connectivity index (χ1) is 12.1. The van der Waals surface area contributed by atoms with Crippen LogP contribution in [0.5, 0.6) is 5.75 Å². The van der Waals surface area contributed by atoms with Crippen LogP contribution in [0.3, 0.4) is 0 Å². The zero-order valence-electron chi connectivity index (χ0n) is 14.5. The van der Waals surface area contributed by atoms with E-state index in [-0.39, 0.29) is 23.5 Å². The Morgan fingerprint density at radius 2 is 2.16 bits per heavy atom. The molecule has 6 nitrogen and oxygen atoms in total. The number of likely N-dealkylation sites (tertiary alicyclic amines) is 1. The second-order valence-electron chi connectivity index (χ2n) is 6.38. The van der Waals surface area contributed by atoms with Gasteiger partial charge in [-0.2, -0.15) is 0 Å². The summed E-state index contributed by atoms with van der Waals surface area (Å²) in [5.74, 6) is -0.158. The van der Waals surface area contributed by atoms with E-state index in [0.717, 1.165) is 31.5 Å². The molecule has 1 aromatic carbocycles. The quantitative estimate of drug-likeness (QED) is 0.899. The minimum absolute atomic E-state index is 0.0873. The van der Waals surface area contributed by atoms with Gasteiger partial charge in [0.15, 0.2) is 11.6 Å². The SMILES string of the molecule is COc1ccc(CN2CCC(NC(=O)c3cncn3C)CC2)cc1F. The van der Waals surface area contributed by atoms with E-state index in [1.165, 1.54) is 13.2 Å². The highest BCUT2D eigenvalue weighted by atomic mass is 19.1. The molecule has 0 radical (unpaired) electrons.